The molecule has 0 aliphatic carbocycles. The number of nitrogens with zero attached hydrogens (tertiary/aromatic N) is 1. The molecular weight excluding hydrogens is 254 g/mol. The van der Waals surface area contributed by atoms with E-state index < -0.39 is 30.6 Å². The van der Waals surface area contributed by atoms with Crippen LogP contribution in [-0.2, 0) is 9.59 Å². The quantitative estimate of drug-likeness (QED) is 0.502. The summed E-state index contributed by atoms with van der Waals surface area (Å²) in [6.45, 7) is 1.92. The number of carbonyl (C=O) groups excluding carboxylic acids is 2. The number of aliphatic carboxylic acids is 1. The number of likely N-dealkylation sites (tertiary alicyclic amines) is 1. The minimum absolute atomic E-state index is 0.155. The van der Waals surface area contributed by atoms with Crippen LogP contribution in [0.4, 0.5) is 4.79 Å². The summed E-state index contributed by atoms with van der Waals surface area (Å²) in [5.41, 5.74) is 0. The molecule has 0 saturated carbocycles. The van der Waals surface area contributed by atoms with E-state index >= 15 is 0 Å². The van der Waals surface area contributed by atoms with E-state index in [0.29, 0.717) is 13.0 Å². The maximum absolute atomic E-state index is 11.7. The monoisotopic (exact) mass is 273 g/mol. The van der Waals surface area contributed by atoms with E-state index in [4.69, 9.17) is 5.11 Å². The van der Waals surface area contributed by atoms with Crippen molar-refractivity contribution in [2.24, 2.45) is 5.92 Å². The number of β-amino-alcohol motifs (C(OH)–C–C–N with tert-alkyl or cyclic N) is 1. The van der Waals surface area contributed by atoms with Gasteiger partial charge in [-0.25, -0.2) is 4.79 Å². The van der Waals surface area contributed by atoms with Gasteiger partial charge >= 0.3 is 12.0 Å². The zero-order valence-electron chi connectivity index (χ0n) is 10.8. The van der Waals surface area contributed by atoms with E-state index in [1.807, 2.05) is 6.92 Å². The number of piperidine rings is 1. The van der Waals surface area contributed by atoms with Gasteiger partial charge in [0.1, 0.15) is 6.54 Å². The highest BCUT2D eigenvalue weighted by molar-refractivity contribution is 5.86. The first kappa shape index (κ1) is 15.2. The van der Waals surface area contributed by atoms with Crippen molar-refractivity contribution in [3.05, 3.63) is 0 Å². The van der Waals surface area contributed by atoms with Crippen LogP contribution in [-0.4, -0.2) is 65.3 Å². The van der Waals surface area contributed by atoms with E-state index in [0.717, 1.165) is 0 Å². The van der Waals surface area contributed by atoms with Crippen LogP contribution < -0.4 is 10.6 Å². The fraction of sp³-hybridized carbons (Fsp3) is 0.727. The van der Waals surface area contributed by atoms with Crippen molar-refractivity contribution in [1.82, 2.24) is 15.5 Å². The zero-order valence-corrected chi connectivity index (χ0v) is 10.8. The van der Waals surface area contributed by atoms with Gasteiger partial charge < -0.3 is 25.7 Å². The molecule has 1 saturated heterocycles. The molecular formula is C11H19N3O5. The Bertz CT molecular complexity index is 360. The number of aliphatic hydroxyl groups excluding tert-OH is 1. The third kappa shape index (κ3) is 5.12. The third-order valence-electron chi connectivity index (χ3n) is 3.04. The molecule has 8 nitrogen and oxygen atoms in total. The Labute approximate surface area is 110 Å². The maximum Gasteiger partial charge on any atom is 0.322 e. The molecule has 1 aliphatic rings. The second kappa shape index (κ2) is 6.93. The van der Waals surface area contributed by atoms with Gasteiger partial charge in [0.2, 0.25) is 5.91 Å². The number of hydrogen-bond donors (Lipinski definition) is 4. The Kier molecular flexibility index (Phi) is 5.56. The largest absolute Gasteiger partial charge is 0.480 e. The fourth-order valence-corrected chi connectivity index (χ4v) is 1.74. The predicted molar refractivity (Wildman–Crippen MR) is 65.4 cm³/mol. The Balaban J connectivity index is 2.27. The molecule has 1 fully saturated rings. The number of amides is 3. The number of carboxylic acid groups (broad SMARTS) is 1. The summed E-state index contributed by atoms with van der Waals surface area (Å²) < 4.78 is 0. The molecule has 0 bridgehead atoms. The molecule has 8 heteroatoms. The molecule has 2 unspecified atom stereocenters. The number of hydrogen-bond acceptors (Lipinski definition) is 4. The normalized spacial score (nSPS) is 22.7. The first-order chi connectivity index (χ1) is 8.90. The van der Waals surface area contributed by atoms with Crippen molar-refractivity contribution in [2.75, 3.05) is 26.2 Å². The summed E-state index contributed by atoms with van der Waals surface area (Å²) >= 11 is 0. The Morgan fingerprint density at radius 2 is 1.95 bits per heavy atom. The summed E-state index contributed by atoms with van der Waals surface area (Å²) in [6.07, 6.45) is 0.153. The van der Waals surface area contributed by atoms with Gasteiger partial charge in [0.05, 0.1) is 12.6 Å². The van der Waals surface area contributed by atoms with E-state index in [2.05, 4.69) is 10.6 Å². The van der Waals surface area contributed by atoms with E-state index in [1.165, 1.54) is 4.90 Å². The maximum atomic E-state index is 11.7. The topological polar surface area (TPSA) is 119 Å². The number of aliphatic hydroxyl groups is 1. The lowest BCUT2D eigenvalue weighted by Crippen LogP contribution is -2.51. The standard InChI is InChI=1S/C11H19N3O5/c1-7-2-3-14(6-8(7)15)11(19)13-4-9(16)12-5-10(17)18/h7-8,15H,2-6H2,1H3,(H,12,16)(H,13,19)(H,17,18). The van der Waals surface area contributed by atoms with Gasteiger partial charge in [0.25, 0.3) is 0 Å². The van der Waals surface area contributed by atoms with E-state index in [9.17, 15) is 19.5 Å². The summed E-state index contributed by atoms with van der Waals surface area (Å²) in [4.78, 5) is 34.6. The van der Waals surface area contributed by atoms with Crippen molar-refractivity contribution in [1.29, 1.82) is 0 Å². The number of urea groups is 1. The molecule has 0 spiro atoms. The first-order valence-corrected chi connectivity index (χ1v) is 6.09. The minimum Gasteiger partial charge on any atom is -0.480 e. The fourth-order valence-electron chi connectivity index (χ4n) is 1.74. The third-order valence-corrected chi connectivity index (χ3v) is 3.04. The number of rotatable bonds is 4. The minimum atomic E-state index is -1.15. The molecule has 4 N–H and O–H groups in total. The number of carboxylic acids is 1. The van der Waals surface area contributed by atoms with Crippen molar-refractivity contribution >= 4 is 17.9 Å². The Morgan fingerprint density at radius 1 is 1.26 bits per heavy atom. The van der Waals surface area contributed by atoms with Crippen molar-refractivity contribution in [2.45, 2.75) is 19.4 Å². The molecule has 0 aromatic carbocycles. The van der Waals surface area contributed by atoms with E-state index in [1.54, 1.807) is 0 Å². The van der Waals surface area contributed by atoms with Gasteiger partial charge in [0, 0.05) is 13.1 Å². The Morgan fingerprint density at radius 3 is 2.53 bits per heavy atom. The van der Waals surface area contributed by atoms with Gasteiger partial charge in [-0.1, -0.05) is 6.92 Å². The number of carbonyl (C=O) groups is 3. The van der Waals surface area contributed by atoms with Gasteiger partial charge in [-0.3, -0.25) is 9.59 Å². The van der Waals surface area contributed by atoms with Gasteiger partial charge in [-0.2, -0.15) is 0 Å². The smallest absolute Gasteiger partial charge is 0.322 e. The first-order valence-electron chi connectivity index (χ1n) is 6.09. The van der Waals surface area contributed by atoms with Crippen LogP contribution in [0, 0.1) is 5.92 Å². The summed E-state index contributed by atoms with van der Waals surface area (Å²) in [7, 11) is 0. The predicted octanol–water partition coefficient (Wildman–Crippen LogP) is -1.40. The van der Waals surface area contributed by atoms with Crippen LogP contribution in [0.25, 0.3) is 0 Å². The average molecular weight is 273 g/mol. The van der Waals surface area contributed by atoms with Gasteiger partial charge in [-0.05, 0) is 12.3 Å². The van der Waals surface area contributed by atoms with Crippen molar-refractivity contribution < 1.29 is 24.6 Å². The highest BCUT2D eigenvalue weighted by Gasteiger charge is 2.27. The van der Waals surface area contributed by atoms with Crippen LogP contribution in [0.1, 0.15) is 13.3 Å². The van der Waals surface area contributed by atoms with Crippen molar-refractivity contribution in [3.63, 3.8) is 0 Å². The molecule has 0 radical (unpaired) electrons. The van der Waals surface area contributed by atoms with E-state index in [-0.39, 0.29) is 19.0 Å². The summed E-state index contributed by atoms with van der Waals surface area (Å²) in [6, 6.07) is -0.434. The molecule has 1 heterocycles. The molecule has 1 rings (SSSR count). The average Bonchev–Trinajstić information content (AvgIpc) is 2.36. The highest BCUT2D eigenvalue weighted by atomic mass is 16.4. The van der Waals surface area contributed by atoms with Crippen molar-refractivity contribution in [3.8, 4) is 0 Å². The second-order valence-electron chi connectivity index (χ2n) is 4.61. The highest BCUT2D eigenvalue weighted by Crippen LogP contribution is 2.16. The van der Waals surface area contributed by atoms with Gasteiger partial charge in [-0.15, -0.1) is 0 Å². The molecule has 1 aliphatic heterocycles. The lowest BCUT2D eigenvalue weighted by molar-refractivity contribution is -0.137. The molecule has 19 heavy (non-hydrogen) atoms. The Hall–Kier alpha value is -1.83. The molecule has 2 atom stereocenters. The van der Waals surface area contributed by atoms with Gasteiger partial charge in [0.15, 0.2) is 0 Å². The molecule has 0 aromatic rings. The van der Waals surface area contributed by atoms with Crippen LogP contribution in [0.2, 0.25) is 0 Å². The summed E-state index contributed by atoms with van der Waals surface area (Å²) in [5, 5.41) is 22.5. The number of nitrogens with one attached hydrogen (secondary N) is 2. The van der Waals surface area contributed by atoms with Crippen LogP contribution >= 0.6 is 0 Å². The lowest BCUT2D eigenvalue weighted by Gasteiger charge is -2.34. The van der Waals surface area contributed by atoms with Crippen LogP contribution in [0.5, 0.6) is 0 Å². The zero-order chi connectivity index (χ0) is 14.4. The molecule has 3 amide bonds. The van der Waals surface area contributed by atoms with Crippen LogP contribution in [0.3, 0.4) is 0 Å². The molecule has 0 aromatic heterocycles. The lowest BCUT2D eigenvalue weighted by atomic mass is 9.96. The molecule has 108 valence electrons. The van der Waals surface area contributed by atoms with Crippen LogP contribution in [0.15, 0.2) is 0 Å². The summed E-state index contributed by atoms with van der Waals surface area (Å²) in [5.74, 6) is -1.56. The second-order valence-corrected chi connectivity index (χ2v) is 4.61. The SMILES string of the molecule is CC1CCN(C(=O)NCC(=O)NCC(=O)O)CC1O.